The van der Waals surface area contributed by atoms with Crippen LogP contribution < -0.4 is 17.0 Å². The standard InChI is InChI=1S/C7H4BrClN2.C5H2BrClN2O2.C2H3.BrH.FH.Mg.H2/c8-5-3-11-7(9)6-4(5)1-2-10-6;6-3-1-4(9(10)11)5(7)8-2-3;1-2;;;;/h1-3,10H;1-2H;1H,2H2;2*1H;;1H/q;;-1;;;+2;/p-1/i;;;;;;1+2. The molecule has 3 aromatic heterocycles. The maximum Gasteiger partial charge on any atom is 2.00 e. The summed E-state index contributed by atoms with van der Waals surface area (Å²) in [4.78, 5) is 20.2. The van der Waals surface area contributed by atoms with Gasteiger partial charge in [-0.25, -0.2) is 9.97 Å². The molecular formula is C14H12Br3Cl2FMgN4O2. The molecule has 0 aliphatic heterocycles. The summed E-state index contributed by atoms with van der Waals surface area (Å²) >= 11 is 17.6. The maximum atomic E-state index is 10.2. The van der Waals surface area contributed by atoms with Crippen LogP contribution >= 0.6 is 55.1 Å². The Kier molecular flexibility index (Phi) is 18.1. The Morgan fingerprint density at radius 2 is 1.78 bits per heavy atom. The molecule has 0 spiro atoms. The topological polar surface area (TPSA) is 84.7 Å². The van der Waals surface area contributed by atoms with Gasteiger partial charge in [0.1, 0.15) is 0 Å². The molecule has 0 aliphatic carbocycles. The van der Waals surface area contributed by atoms with E-state index >= 15 is 0 Å². The maximum absolute atomic E-state index is 10.2. The normalized spacial score (nSPS) is 8.44. The Bertz CT molecular complexity index is 844. The third-order valence-electron chi connectivity index (χ3n) is 2.49. The van der Waals surface area contributed by atoms with Crippen molar-refractivity contribution in [1.29, 1.82) is 0 Å². The first-order valence-electron chi connectivity index (χ1n) is 6.03. The Labute approximate surface area is 209 Å². The molecule has 0 saturated carbocycles. The average Bonchev–Trinajstić information content (AvgIpc) is 3.07. The number of nitro groups is 1. The van der Waals surface area contributed by atoms with Gasteiger partial charge >= 0.3 is 28.7 Å². The Morgan fingerprint density at radius 3 is 2.26 bits per heavy atom. The molecule has 0 aliphatic rings. The number of nitrogens with zero attached hydrogens (tertiary/aromatic N) is 3. The minimum atomic E-state index is -0.583. The van der Waals surface area contributed by atoms with Gasteiger partial charge in [-0.2, -0.15) is 0 Å². The molecule has 0 amide bonds. The fourth-order valence-electron chi connectivity index (χ4n) is 1.53. The van der Waals surface area contributed by atoms with Gasteiger partial charge in [-0.1, -0.05) is 23.2 Å². The number of aromatic nitrogens is 3. The summed E-state index contributed by atoms with van der Waals surface area (Å²) in [5.41, 5.74) is 0.682. The first-order chi connectivity index (χ1) is 11.4. The molecule has 0 bridgehead atoms. The smallest absolute Gasteiger partial charge is 1.00 e. The van der Waals surface area contributed by atoms with Crippen LogP contribution in [0.2, 0.25) is 10.3 Å². The van der Waals surface area contributed by atoms with Gasteiger partial charge in [0.05, 0.1) is 10.4 Å². The largest absolute Gasteiger partial charge is 2.00 e. The summed E-state index contributed by atoms with van der Waals surface area (Å²) in [7, 11) is 0. The van der Waals surface area contributed by atoms with Crippen LogP contribution in [-0.2, 0) is 0 Å². The van der Waals surface area contributed by atoms with E-state index in [1.165, 1.54) is 12.3 Å². The molecule has 27 heavy (non-hydrogen) atoms. The molecule has 0 fully saturated rings. The van der Waals surface area contributed by atoms with Crippen molar-refractivity contribution in [2.45, 2.75) is 0 Å². The summed E-state index contributed by atoms with van der Waals surface area (Å²) in [6.45, 7) is 7.00. The predicted octanol–water partition coefficient (Wildman–Crippen LogP) is 3.01. The second-order valence-electron chi connectivity index (χ2n) is 3.88. The zero-order valence-corrected chi connectivity index (χ0v) is 21.0. The number of hydrogen-bond acceptors (Lipinski definition) is 4. The molecule has 3 rings (SSSR count). The Morgan fingerprint density at radius 1 is 1.22 bits per heavy atom. The molecule has 3 aromatic rings. The molecule has 0 atom stereocenters. The van der Waals surface area contributed by atoms with Gasteiger partial charge in [-0.3, -0.25) is 21.4 Å². The minimum absolute atomic E-state index is 0. The molecule has 0 radical (unpaired) electrons. The molecule has 3 heterocycles. The molecule has 13 heteroatoms. The van der Waals surface area contributed by atoms with Crippen molar-refractivity contribution in [3.63, 3.8) is 0 Å². The minimum Gasteiger partial charge on any atom is -1.00 e. The van der Waals surface area contributed by atoms with Crippen molar-refractivity contribution in [1.82, 2.24) is 15.0 Å². The summed E-state index contributed by atoms with van der Waals surface area (Å²) in [5.74, 6) is 0. The molecule has 6 nitrogen and oxygen atoms in total. The van der Waals surface area contributed by atoms with Crippen LogP contribution in [0, 0.1) is 16.7 Å². The number of nitrogens with one attached hydrogen (secondary N) is 1. The Hall–Kier alpha value is -0.304. The number of rotatable bonds is 1. The molecule has 1 N–H and O–H groups in total. The first kappa shape index (κ1) is 31.4. The summed E-state index contributed by atoms with van der Waals surface area (Å²) in [6.07, 6.45) is 4.93. The molecule has 144 valence electrons. The summed E-state index contributed by atoms with van der Waals surface area (Å²) < 4.78 is 1.49. The third-order valence-corrected chi connectivity index (χ3v) is 4.13. The number of halogens is 6. The van der Waals surface area contributed by atoms with Crippen LogP contribution in [0.5, 0.6) is 0 Å². The van der Waals surface area contributed by atoms with E-state index in [0.29, 0.717) is 9.63 Å². The summed E-state index contributed by atoms with van der Waals surface area (Å²) in [6, 6.07) is 3.25. The average molecular weight is 624 g/mol. The van der Waals surface area contributed by atoms with E-state index < -0.39 is 4.92 Å². The van der Waals surface area contributed by atoms with Gasteiger partial charge in [0.25, 0.3) is 0 Å². The number of H-pyrrole nitrogens is 1. The van der Waals surface area contributed by atoms with Crippen molar-refractivity contribution < 1.29 is 28.0 Å². The van der Waals surface area contributed by atoms with Crippen LogP contribution in [0.1, 0.15) is 1.43 Å². The van der Waals surface area contributed by atoms with Crippen LogP contribution in [0.4, 0.5) is 10.4 Å². The van der Waals surface area contributed by atoms with Crippen molar-refractivity contribution in [3.05, 3.63) is 73.2 Å². The van der Waals surface area contributed by atoms with E-state index in [1.807, 2.05) is 12.3 Å². The van der Waals surface area contributed by atoms with Crippen molar-refractivity contribution in [2.75, 3.05) is 0 Å². The first-order valence-corrected chi connectivity index (χ1v) is 8.37. The quantitative estimate of drug-likeness (QED) is 0.149. The number of fused-ring (bicyclic) bond motifs is 1. The summed E-state index contributed by atoms with van der Waals surface area (Å²) in [5, 5.41) is 11.7. The molecule has 0 unspecified atom stereocenters. The van der Waals surface area contributed by atoms with E-state index in [9.17, 15) is 10.1 Å². The SMILES string of the molecule is Clc1ncc(Br)c2cc[nH]c12.F.O=[N+]([O-])c1cc(Br)cnc1Cl.[3HH].[Br-].[CH-]=C.[Mg+2]. The van der Waals surface area contributed by atoms with E-state index in [4.69, 9.17) is 23.2 Å². The fraction of sp³-hybridized carbons (Fsp3) is 0. The van der Waals surface area contributed by atoms with E-state index in [0.717, 1.165) is 15.4 Å². The van der Waals surface area contributed by atoms with Crippen molar-refractivity contribution in [3.8, 4) is 0 Å². The van der Waals surface area contributed by atoms with Crippen molar-refractivity contribution in [2.24, 2.45) is 0 Å². The zero-order valence-electron chi connectivity index (χ0n) is 13.3. The molecule has 0 saturated heterocycles. The van der Waals surface area contributed by atoms with Crippen LogP contribution in [-0.4, -0.2) is 42.9 Å². The molecular weight excluding hydrogens is 610 g/mol. The van der Waals surface area contributed by atoms with Crippen LogP contribution in [0.3, 0.4) is 0 Å². The number of aromatic amines is 1. The Balaban J connectivity index is -0.000000167. The monoisotopic (exact) mass is 620 g/mol. The van der Waals surface area contributed by atoms with Gasteiger partial charge in [-0.15, -0.1) is 0 Å². The van der Waals surface area contributed by atoms with E-state index in [2.05, 4.69) is 60.0 Å². The van der Waals surface area contributed by atoms with Crippen LogP contribution in [0.15, 0.2) is 46.2 Å². The fourth-order valence-corrected chi connectivity index (χ4v) is 2.66. The molecule has 0 aromatic carbocycles. The second-order valence-corrected chi connectivity index (χ2v) is 6.37. The van der Waals surface area contributed by atoms with E-state index in [1.54, 1.807) is 6.20 Å². The van der Waals surface area contributed by atoms with Gasteiger partial charge in [0.15, 0.2) is 5.15 Å². The third kappa shape index (κ3) is 9.16. The van der Waals surface area contributed by atoms with Gasteiger partial charge < -0.3 is 28.5 Å². The van der Waals surface area contributed by atoms with Gasteiger partial charge in [-0.05, 0) is 37.9 Å². The van der Waals surface area contributed by atoms with Crippen molar-refractivity contribution >= 4 is 94.7 Å². The van der Waals surface area contributed by atoms with Gasteiger partial charge in [0.2, 0.25) is 5.15 Å². The zero-order chi connectivity index (χ0) is 18.3. The van der Waals surface area contributed by atoms with E-state index in [-0.39, 0.29) is 57.0 Å². The second kappa shape index (κ2) is 15.6. The van der Waals surface area contributed by atoms with Crippen LogP contribution in [0.25, 0.3) is 10.9 Å². The number of pyridine rings is 2. The number of hydrogen-bond donors (Lipinski definition) is 1. The van der Waals surface area contributed by atoms with Gasteiger partial charge in [0, 0.05) is 40.4 Å². The predicted molar refractivity (Wildman–Crippen MR) is 113 cm³/mol.